The monoisotopic (exact) mass is 481 g/mol. The van der Waals surface area contributed by atoms with Crippen LogP contribution in [0.2, 0.25) is 0 Å². The second-order valence-corrected chi connectivity index (χ2v) is 8.71. The van der Waals surface area contributed by atoms with E-state index in [1.165, 1.54) is 0 Å². The Hall–Kier alpha value is -3.21. The van der Waals surface area contributed by atoms with Gasteiger partial charge in [0.25, 0.3) is 0 Å². The molecule has 0 aromatic heterocycles. The van der Waals surface area contributed by atoms with Crippen LogP contribution in [-0.2, 0) is 14.3 Å². The summed E-state index contributed by atoms with van der Waals surface area (Å²) in [5.74, 6) is 9.13. The van der Waals surface area contributed by atoms with Crippen LogP contribution in [0.1, 0.15) is 31.9 Å². The molecule has 188 valence electrons. The van der Waals surface area contributed by atoms with Crippen molar-refractivity contribution in [1.82, 2.24) is 4.90 Å². The lowest BCUT2D eigenvalue weighted by atomic mass is 10.2. The third kappa shape index (κ3) is 9.16. The van der Waals surface area contributed by atoms with Gasteiger partial charge in [0, 0.05) is 24.7 Å². The van der Waals surface area contributed by atoms with Crippen molar-refractivity contribution < 1.29 is 28.5 Å². The fraction of sp³-hybridized carbons (Fsp3) is 0.464. The predicted molar refractivity (Wildman–Crippen MR) is 134 cm³/mol. The van der Waals surface area contributed by atoms with Crippen molar-refractivity contribution in [1.29, 1.82) is 0 Å². The van der Waals surface area contributed by atoms with E-state index in [4.69, 9.17) is 23.7 Å². The largest absolute Gasteiger partial charge is 0.493 e. The van der Waals surface area contributed by atoms with Crippen LogP contribution in [0.15, 0.2) is 36.4 Å². The Balaban J connectivity index is 1.72. The lowest BCUT2D eigenvalue weighted by molar-refractivity contribution is -0.145. The summed E-state index contributed by atoms with van der Waals surface area (Å²) >= 11 is 0. The van der Waals surface area contributed by atoms with Gasteiger partial charge >= 0.3 is 5.97 Å². The fourth-order valence-corrected chi connectivity index (χ4v) is 3.38. The van der Waals surface area contributed by atoms with E-state index in [0.29, 0.717) is 42.9 Å². The predicted octanol–water partition coefficient (Wildman–Crippen LogP) is 4.45. The lowest BCUT2D eigenvalue weighted by Crippen LogP contribution is -2.36. The molecule has 1 aliphatic rings. The average Bonchev–Trinajstić information content (AvgIpc) is 2.83. The van der Waals surface area contributed by atoms with Gasteiger partial charge < -0.3 is 23.7 Å². The molecule has 0 spiro atoms. The molecular formula is C28H35NO6. The summed E-state index contributed by atoms with van der Waals surface area (Å²) in [6.07, 6.45) is 0. The number of nitrogens with zero attached hydrogens (tertiary/aromatic N) is 1. The Morgan fingerprint density at radius 2 is 1.83 bits per heavy atom. The van der Waals surface area contributed by atoms with Crippen LogP contribution < -0.4 is 14.2 Å². The molecular weight excluding hydrogens is 446 g/mol. The van der Waals surface area contributed by atoms with Crippen LogP contribution >= 0.6 is 0 Å². The molecule has 7 nitrogen and oxygen atoms in total. The highest BCUT2D eigenvalue weighted by Crippen LogP contribution is 2.30. The van der Waals surface area contributed by atoms with Gasteiger partial charge in [-0.1, -0.05) is 25.7 Å². The van der Waals surface area contributed by atoms with Gasteiger partial charge in [0.1, 0.15) is 23.0 Å². The van der Waals surface area contributed by atoms with E-state index in [2.05, 4.69) is 30.6 Å². The van der Waals surface area contributed by atoms with E-state index in [0.717, 1.165) is 43.2 Å². The molecule has 3 rings (SSSR count). The molecule has 0 radical (unpaired) electrons. The van der Waals surface area contributed by atoms with E-state index < -0.39 is 5.97 Å². The lowest BCUT2D eigenvalue weighted by Gasteiger charge is -2.24. The minimum Gasteiger partial charge on any atom is -0.493 e. The topological polar surface area (TPSA) is 66.5 Å². The van der Waals surface area contributed by atoms with Crippen LogP contribution in [0.3, 0.4) is 0 Å². The highest BCUT2D eigenvalue weighted by molar-refractivity contribution is 5.71. The maximum Gasteiger partial charge on any atom is 0.344 e. The second kappa shape index (κ2) is 13.6. The van der Waals surface area contributed by atoms with E-state index in [1.54, 1.807) is 19.1 Å². The summed E-state index contributed by atoms with van der Waals surface area (Å²) in [5.41, 5.74) is 1.69. The number of ether oxygens (including phenoxy) is 5. The quantitative estimate of drug-likeness (QED) is 0.367. The molecule has 2 aromatic carbocycles. The zero-order chi connectivity index (χ0) is 25.0. The first-order chi connectivity index (χ1) is 16.9. The molecule has 1 aliphatic heterocycles. The molecule has 35 heavy (non-hydrogen) atoms. The number of morpholine rings is 1. The van der Waals surface area contributed by atoms with Crippen molar-refractivity contribution >= 4 is 5.97 Å². The Kier molecular flexibility index (Phi) is 10.3. The zero-order valence-corrected chi connectivity index (χ0v) is 21.1. The molecule has 0 atom stereocenters. The molecule has 1 fully saturated rings. The van der Waals surface area contributed by atoms with Crippen molar-refractivity contribution in [3.05, 3.63) is 47.5 Å². The number of carbonyl (C=O) groups is 1. The summed E-state index contributed by atoms with van der Waals surface area (Å²) in [7, 11) is 0. The van der Waals surface area contributed by atoms with E-state index in [-0.39, 0.29) is 6.61 Å². The summed E-state index contributed by atoms with van der Waals surface area (Å²) in [5, 5.41) is 0. The summed E-state index contributed by atoms with van der Waals surface area (Å²) < 4.78 is 28.0. The summed E-state index contributed by atoms with van der Waals surface area (Å²) in [4.78, 5) is 13.8. The molecule has 0 saturated carbocycles. The maximum atomic E-state index is 11.6. The Morgan fingerprint density at radius 1 is 1.06 bits per heavy atom. The highest BCUT2D eigenvalue weighted by Gasteiger charge is 2.10. The first-order valence-corrected chi connectivity index (χ1v) is 12.1. The smallest absolute Gasteiger partial charge is 0.344 e. The van der Waals surface area contributed by atoms with Crippen LogP contribution in [0.4, 0.5) is 0 Å². The number of rotatable bonds is 10. The molecule has 1 saturated heterocycles. The van der Waals surface area contributed by atoms with Crippen molar-refractivity contribution in [2.75, 3.05) is 52.7 Å². The minimum atomic E-state index is -0.396. The maximum absolute atomic E-state index is 11.6. The van der Waals surface area contributed by atoms with Crippen molar-refractivity contribution in [3.63, 3.8) is 0 Å². The Bertz CT molecular complexity index is 1030. The number of hydrogen-bond acceptors (Lipinski definition) is 7. The first-order valence-electron chi connectivity index (χ1n) is 12.1. The Labute approximate surface area is 208 Å². The van der Waals surface area contributed by atoms with Gasteiger partial charge in [0.15, 0.2) is 6.61 Å². The Morgan fingerprint density at radius 3 is 2.54 bits per heavy atom. The van der Waals surface area contributed by atoms with Crippen LogP contribution in [0, 0.1) is 24.7 Å². The molecule has 0 N–H and O–H groups in total. The highest BCUT2D eigenvalue weighted by atomic mass is 16.6. The number of hydrogen-bond donors (Lipinski definition) is 0. The van der Waals surface area contributed by atoms with Gasteiger partial charge in [-0.3, -0.25) is 4.90 Å². The molecule has 1 heterocycles. The molecule has 0 bridgehead atoms. The zero-order valence-electron chi connectivity index (χ0n) is 21.1. The standard InChI is InChI=1S/C28H35NO6/c1-5-32-28(30)20-34-27-9-8-24(15-22(27)4)35-26-17-23(16-25(18-26)33-19-21(2)3)7-6-10-29-11-13-31-14-12-29/h8-9,15-18,21H,5,10-14,19-20H2,1-4H3. The number of carbonyl (C=O) groups excluding carboxylic acids is 1. The van der Waals surface area contributed by atoms with E-state index in [1.807, 2.05) is 31.2 Å². The molecule has 7 heteroatoms. The first kappa shape index (κ1) is 26.4. The molecule has 0 aliphatic carbocycles. The van der Waals surface area contributed by atoms with Gasteiger partial charge in [-0.25, -0.2) is 4.79 Å². The minimum absolute atomic E-state index is 0.128. The van der Waals surface area contributed by atoms with Gasteiger partial charge in [0.05, 0.1) is 33.0 Å². The van der Waals surface area contributed by atoms with Gasteiger partial charge in [-0.15, -0.1) is 0 Å². The third-order valence-electron chi connectivity index (χ3n) is 5.14. The number of benzene rings is 2. The normalized spacial score (nSPS) is 13.6. The van der Waals surface area contributed by atoms with Gasteiger partial charge in [0.2, 0.25) is 0 Å². The van der Waals surface area contributed by atoms with Crippen molar-refractivity contribution in [2.24, 2.45) is 5.92 Å². The second-order valence-electron chi connectivity index (χ2n) is 8.71. The fourth-order valence-electron chi connectivity index (χ4n) is 3.38. The van der Waals surface area contributed by atoms with E-state index in [9.17, 15) is 4.79 Å². The number of esters is 1. The van der Waals surface area contributed by atoms with Crippen LogP contribution in [-0.4, -0.2) is 63.5 Å². The van der Waals surface area contributed by atoms with Crippen LogP contribution in [0.5, 0.6) is 23.0 Å². The van der Waals surface area contributed by atoms with Gasteiger partial charge in [-0.2, -0.15) is 0 Å². The molecule has 0 amide bonds. The SMILES string of the molecule is CCOC(=O)COc1ccc(Oc2cc(C#CCN3CCOCC3)cc(OCC(C)C)c2)cc1C. The molecule has 2 aromatic rings. The average molecular weight is 482 g/mol. The number of aryl methyl sites for hydroxylation is 1. The third-order valence-corrected chi connectivity index (χ3v) is 5.14. The van der Waals surface area contributed by atoms with Crippen LogP contribution in [0.25, 0.3) is 0 Å². The van der Waals surface area contributed by atoms with Gasteiger partial charge in [-0.05, 0) is 55.7 Å². The van der Waals surface area contributed by atoms with Crippen molar-refractivity contribution in [2.45, 2.75) is 27.7 Å². The molecule has 0 unspecified atom stereocenters. The van der Waals surface area contributed by atoms with Crippen molar-refractivity contribution in [3.8, 4) is 34.8 Å². The summed E-state index contributed by atoms with van der Waals surface area (Å²) in [6, 6.07) is 11.2. The summed E-state index contributed by atoms with van der Waals surface area (Å²) in [6.45, 7) is 12.7. The van der Waals surface area contributed by atoms with E-state index >= 15 is 0 Å².